The Kier molecular flexibility index (Phi) is 7.00. The number of carboxylic acid groups (broad SMARTS) is 1. The van der Waals surface area contributed by atoms with E-state index in [0.29, 0.717) is 17.7 Å². The average molecular weight is 397 g/mol. The molecule has 0 saturated heterocycles. The average Bonchev–Trinajstić information content (AvgIpc) is 2.60. The van der Waals surface area contributed by atoms with Crippen LogP contribution in [-0.4, -0.2) is 30.5 Å². The van der Waals surface area contributed by atoms with Crippen molar-refractivity contribution in [3.8, 4) is 5.75 Å². The van der Waals surface area contributed by atoms with E-state index in [2.05, 4.69) is 10.1 Å². The molecule has 28 heavy (non-hydrogen) atoms. The molecule has 0 bridgehead atoms. The molecule has 2 aromatic rings. The third kappa shape index (κ3) is 6.58. The van der Waals surface area contributed by atoms with Crippen molar-refractivity contribution in [3.63, 3.8) is 0 Å². The Morgan fingerprint density at radius 1 is 1.14 bits per heavy atom. The normalized spacial score (nSPS) is 12.3. The quantitative estimate of drug-likeness (QED) is 0.710. The van der Waals surface area contributed by atoms with E-state index in [1.165, 1.54) is 19.2 Å². The Morgan fingerprint density at radius 3 is 2.39 bits per heavy atom. The van der Waals surface area contributed by atoms with Crippen LogP contribution in [0.25, 0.3) is 0 Å². The molecule has 0 aliphatic heterocycles. The molecule has 0 fully saturated rings. The summed E-state index contributed by atoms with van der Waals surface area (Å²) in [7, 11) is 1.52. The van der Waals surface area contributed by atoms with Crippen LogP contribution in [0, 0.1) is 0 Å². The van der Waals surface area contributed by atoms with Crippen LogP contribution >= 0.6 is 0 Å². The maximum absolute atomic E-state index is 12.5. The second-order valence-corrected chi connectivity index (χ2v) is 5.87. The van der Waals surface area contributed by atoms with Gasteiger partial charge in [-0.1, -0.05) is 24.3 Å². The Morgan fingerprint density at radius 2 is 1.82 bits per heavy atom. The van der Waals surface area contributed by atoms with E-state index < -0.39 is 36.5 Å². The van der Waals surface area contributed by atoms with Gasteiger partial charge in [-0.3, -0.25) is 9.59 Å². The third-order valence-electron chi connectivity index (χ3n) is 3.70. The molecule has 150 valence electrons. The van der Waals surface area contributed by atoms with Crippen molar-refractivity contribution < 1.29 is 37.3 Å². The van der Waals surface area contributed by atoms with Gasteiger partial charge in [-0.25, -0.2) is 0 Å². The van der Waals surface area contributed by atoms with Crippen molar-refractivity contribution >= 4 is 11.9 Å². The van der Waals surface area contributed by atoms with E-state index in [1.807, 2.05) is 0 Å². The summed E-state index contributed by atoms with van der Waals surface area (Å²) in [5, 5.41) is 11.7. The highest BCUT2D eigenvalue weighted by Crippen LogP contribution is 2.25. The number of carboxylic acids is 1. The number of ether oxygens (including phenoxy) is 2. The predicted molar refractivity (Wildman–Crippen MR) is 92.7 cm³/mol. The molecular formula is C19H18F3NO5. The van der Waals surface area contributed by atoms with E-state index in [9.17, 15) is 22.8 Å². The van der Waals surface area contributed by atoms with Crippen LogP contribution in [0.4, 0.5) is 13.2 Å². The fourth-order valence-corrected chi connectivity index (χ4v) is 2.54. The number of rotatable bonds is 8. The SMILES string of the molecule is COCc1cccc(C(=O)NC(CC(=O)O)c2ccc(OC(F)(F)F)cc2)c1. The first kappa shape index (κ1) is 21.2. The van der Waals surface area contributed by atoms with Crippen molar-refractivity contribution in [1.82, 2.24) is 5.32 Å². The second-order valence-electron chi connectivity index (χ2n) is 5.87. The van der Waals surface area contributed by atoms with Crippen molar-refractivity contribution in [2.45, 2.75) is 25.4 Å². The minimum Gasteiger partial charge on any atom is -0.481 e. The molecule has 0 radical (unpaired) electrons. The first-order valence-corrected chi connectivity index (χ1v) is 8.14. The monoisotopic (exact) mass is 397 g/mol. The highest BCUT2D eigenvalue weighted by molar-refractivity contribution is 5.94. The molecule has 0 aromatic heterocycles. The maximum Gasteiger partial charge on any atom is 0.573 e. The number of alkyl halides is 3. The molecule has 0 heterocycles. The van der Waals surface area contributed by atoms with Crippen LogP contribution in [0.15, 0.2) is 48.5 Å². The zero-order valence-electron chi connectivity index (χ0n) is 14.8. The number of nitrogens with one attached hydrogen (secondary N) is 1. The number of carbonyl (C=O) groups excluding carboxylic acids is 1. The first-order chi connectivity index (χ1) is 13.2. The van der Waals surface area contributed by atoms with Gasteiger partial charge >= 0.3 is 12.3 Å². The van der Waals surface area contributed by atoms with E-state index in [1.54, 1.807) is 24.3 Å². The Balaban J connectivity index is 2.18. The highest BCUT2D eigenvalue weighted by Gasteiger charge is 2.31. The van der Waals surface area contributed by atoms with Crippen molar-refractivity contribution in [1.29, 1.82) is 0 Å². The Labute approximate surface area is 158 Å². The minimum absolute atomic E-state index is 0.306. The van der Waals surface area contributed by atoms with Crippen LogP contribution in [0.5, 0.6) is 5.75 Å². The molecule has 1 unspecified atom stereocenters. The summed E-state index contributed by atoms with van der Waals surface area (Å²) < 4.78 is 45.6. The van der Waals surface area contributed by atoms with E-state index >= 15 is 0 Å². The highest BCUT2D eigenvalue weighted by atomic mass is 19.4. The first-order valence-electron chi connectivity index (χ1n) is 8.14. The summed E-state index contributed by atoms with van der Waals surface area (Å²) in [6, 6.07) is 10.3. The smallest absolute Gasteiger partial charge is 0.481 e. The lowest BCUT2D eigenvalue weighted by atomic mass is 10.0. The fourth-order valence-electron chi connectivity index (χ4n) is 2.54. The number of carbonyl (C=O) groups is 2. The topological polar surface area (TPSA) is 84.9 Å². The molecule has 9 heteroatoms. The summed E-state index contributed by atoms with van der Waals surface area (Å²) in [5.74, 6) is -2.13. The standard InChI is InChI=1S/C19H18F3NO5/c1-27-11-12-3-2-4-14(9-12)18(26)23-16(10-17(24)25)13-5-7-15(8-6-13)28-19(20,21)22/h2-9,16H,10-11H2,1H3,(H,23,26)(H,24,25). The van der Waals surface area contributed by atoms with Gasteiger partial charge in [0.2, 0.25) is 0 Å². The van der Waals surface area contributed by atoms with Gasteiger partial charge in [0, 0.05) is 12.7 Å². The van der Waals surface area contributed by atoms with Gasteiger partial charge in [0.15, 0.2) is 0 Å². The molecule has 0 aliphatic carbocycles. The Bertz CT molecular complexity index is 821. The second kappa shape index (κ2) is 9.23. The molecule has 0 aliphatic rings. The zero-order valence-corrected chi connectivity index (χ0v) is 14.8. The summed E-state index contributed by atoms with van der Waals surface area (Å²) in [6.07, 6.45) is -5.27. The predicted octanol–water partition coefficient (Wildman–Crippen LogP) is 3.68. The molecule has 1 atom stereocenters. The summed E-state index contributed by atoms with van der Waals surface area (Å²) >= 11 is 0. The van der Waals surface area contributed by atoms with Crippen molar-refractivity contribution in [3.05, 3.63) is 65.2 Å². The summed E-state index contributed by atoms with van der Waals surface area (Å²) in [5.41, 5.74) is 1.40. The lowest BCUT2D eigenvalue weighted by Gasteiger charge is -2.18. The molecule has 0 spiro atoms. The van der Waals surface area contributed by atoms with E-state index in [0.717, 1.165) is 17.7 Å². The van der Waals surface area contributed by atoms with Crippen LogP contribution in [0.1, 0.15) is 33.9 Å². The van der Waals surface area contributed by atoms with Crippen LogP contribution < -0.4 is 10.1 Å². The molecule has 2 rings (SSSR count). The number of methoxy groups -OCH3 is 1. The zero-order chi connectivity index (χ0) is 20.7. The van der Waals surface area contributed by atoms with Gasteiger partial charge in [0.1, 0.15) is 5.75 Å². The number of benzene rings is 2. The largest absolute Gasteiger partial charge is 0.573 e. The van der Waals surface area contributed by atoms with E-state index in [4.69, 9.17) is 9.84 Å². The van der Waals surface area contributed by atoms with Gasteiger partial charge in [0.25, 0.3) is 5.91 Å². The molecule has 6 nitrogen and oxygen atoms in total. The molecule has 1 amide bonds. The molecule has 2 N–H and O–H groups in total. The number of hydrogen-bond acceptors (Lipinski definition) is 4. The molecule has 2 aromatic carbocycles. The van der Waals surface area contributed by atoms with Crippen LogP contribution in [0.2, 0.25) is 0 Å². The lowest BCUT2D eigenvalue weighted by molar-refractivity contribution is -0.274. The van der Waals surface area contributed by atoms with E-state index in [-0.39, 0.29) is 0 Å². The van der Waals surface area contributed by atoms with Crippen LogP contribution in [0.3, 0.4) is 0 Å². The summed E-state index contributed by atoms with van der Waals surface area (Å²) in [4.78, 5) is 23.7. The molecular weight excluding hydrogens is 379 g/mol. The maximum atomic E-state index is 12.5. The Hall–Kier alpha value is -3.07. The number of hydrogen-bond donors (Lipinski definition) is 2. The lowest BCUT2D eigenvalue weighted by Crippen LogP contribution is -2.30. The van der Waals surface area contributed by atoms with Crippen molar-refractivity contribution in [2.75, 3.05) is 7.11 Å². The third-order valence-corrected chi connectivity index (χ3v) is 3.70. The number of aliphatic carboxylic acids is 1. The summed E-state index contributed by atoms with van der Waals surface area (Å²) in [6.45, 7) is 0.306. The minimum atomic E-state index is -4.83. The van der Waals surface area contributed by atoms with Gasteiger partial charge in [0.05, 0.1) is 19.1 Å². The van der Waals surface area contributed by atoms with Gasteiger partial charge in [-0.15, -0.1) is 13.2 Å². The van der Waals surface area contributed by atoms with Gasteiger partial charge in [-0.2, -0.15) is 0 Å². The van der Waals surface area contributed by atoms with Crippen molar-refractivity contribution in [2.24, 2.45) is 0 Å². The number of amides is 1. The fraction of sp³-hybridized carbons (Fsp3) is 0.263. The van der Waals surface area contributed by atoms with Gasteiger partial charge in [-0.05, 0) is 35.4 Å². The van der Waals surface area contributed by atoms with Crippen LogP contribution in [-0.2, 0) is 16.1 Å². The number of halogens is 3. The van der Waals surface area contributed by atoms with Gasteiger partial charge < -0.3 is 19.9 Å². The molecule has 0 saturated carbocycles.